The summed E-state index contributed by atoms with van der Waals surface area (Å²) in [6.45, 7) is 7.93. The van der Waals surface area contributed by atoms with E-state index in [0.717, 1.165) is 31.9 Å². The van der Waals surface area contributed by atoms with E-state index in [-0.39, 0.29) is 10.6 Å². The topological polar surface area (TPSA) is 106 Å². The summed E-state index contributed by atoms with van der Waals surface area (Å²) in [5.74, 6) is -0.346. The van der Waals surface area contributed by atoms with Crippen LogP contribution in [0.1, 0.15) is 53.4 Å². The molecule has 28 heavy (non-hydrogen) atoms. The van der Waals surface area contributed by atoms with E-state index in [9.17, 15) is 13.2 Å². The maximum atomic E-state index is 13.1. The standard InChI is InChI=1S/C20H30N2O5S/c1-5-7-11-26-16-9-10-17(27-12-8-6-2)18(13-16)28(24,25)15-20(3,4)19(23)14-22-21/h9-10,13-14H,5-8,11-12,15H2,1-4H3. The third-order valence-electron chi connectivity index (χ3n) is 4.17. The van der Waals surface area contributed by atoms with Gasteiger partial charge in [-0.1, -0.05) is 40.5 Å². The van der Waals surface area contributed by atoms with Gasteiger partial charge < -0.3 is 15.0 Å². The van der Waals surface area contributed by atoms with Crippen LogP contribution in [0, 0.1) is 5.41 Å². The van der Waals surface area contributed by atoms with E-state index in [1.807, 2.05) is 13.8 Å². The zero-order valence-corrected chi connectivity index (χ0v) is 17.9. The van der Waals surface area contributed by atoms with E-state index in [0.29, 0.717) is 19.0 Å². The second kappa shape index (κ2) is 11.0. The summed E-state index contributed by atoms with van der Waals surface area (Å²) < 4.78 is 37.5. The Balaban J connectivity index is 3.24. The number of hydrogen-bond acceptors (Lipinski definition) is 5. The van der Waals surface area contributed by atoms with Crippen LogP contribution in [0.2, 0.25) is 0 Å². The van der Waals surface area contributed by atoms with Crippen LogP contribution in [0.5, 0.6) is 11.5 Å². The van der Waals surface area contributed by atoms with Gasteiger partial charge in [0.05, 0.1) is 19.0 Å². The second-order valence-corrected chi connectivity index (χ2v) is 9.22. The van der Waals surface area contributed by atoms with E-state index in [2.05, 4.69) is 4.79 Å². The Bertz CT molecular complexity index is 812. The van der Waals surface area contributed by atoms with Gasteiger partial charge in [0.25, 0.3) is 0 Å². The summed E-state index contributed by atoms with van der Waals surface area (Å²) in [5.41, 5.74) is 7.32. The Kier molecular flexibility index (Phi) is 9.35. The minimum atomic E-state index is -3.87. The lowest BCUT2D eigenvalue weighted by Crippen LogP contribution is -2.33. The average Bonchev–Trinajstić information content (AvgIpc) is 2.62. The molecule has 0 aliphatic rings. The SMILES string of the molecule is CCCCOc1ccc(OCCCC)c(S(=O)(=O)CC(C)(C)C(=O)C=[N+]=[N-])c1. The molecule has 8 heteroatoms. The zero-order valence-electron chi connectivity index (χ0n) is 17.1. The highest BCUT2D eigenvalue weighted by atomic mass is 32.2. The van der Waals surface area contributed by atoms with Crippen LogP contribution in [-0.2, 0) is 14.6 Å². The van der Waals surface area contributed by atoms with Gasteiger partial charge in [0, 0.05) is 11.5 Å². The van der Waals surface area contributed by atoms with E-state index >= 15 is 0 Å². The molecule has 0 saturated carbocycles. The van der Waals surface area contributed by atoms with Crippen molar-refractivity contribution in [2.75, 3.05) is 19.0 Å². The number of hydrogen-bond donors (Lipinski definition) is 0. The number of ether oxygens (including phenoxy) is 2. The Hall–Kier alpha value is -2.18. The van der Waals surface area contributed by atoms with Crippen LogP contribution in [0.3, 0.4) is 0 Å². The molecule has 0 heterocycles. The van der Waals surface area contributed by atoms with Gasteiger partial charge in [0.15, 0.2) is 9.84 Å². The van der Waals surface area contributed by atoms with Crippen molar-refractivity contribution in [1.82, 2.24) is 0 Å². The molecule has 0 spiro atoms. The Morgan fingerprint density at radius 1 is 1.14 bits per heavy atom. The van der Waals surface area contributed by atoms with E-state index < -0.39 is 26.8 Å². The first-order valence-electron chi connectivity index (χ1n) is 9.52. The number of benzene rings is 1. The molecule has 0 amide bonds. The average molecular weight is 411 g/mol. The fourth-order valence-electron chi connectivity index (χ4n) is 2.45. The number of carbonyl (C=O) groups is 1. The van der Waals surface area contributed by atoms with Crippen molar-refractivity contribution in [2.24, 2.45) is 5.41 Å². The van der Waals surface area contributed by atoms with Gasteiger partial charge in [-0.05, 0) is 25.0 Å². The fourth-order valence-corrected chi connectivity index (χ4v) is 4.43. The number of carbonyl (C=O) groups excluding carboxylic acids is 1. The number of unbranched alkanes of at least 4 members (excludes halogenated alkanes) is 2. The summed E-state index contributed by atoms with van der Waals surface area (Å²) in [4.78, 5) is 14.8. The first-order valence-corrected chi connectivity index (χ1v) is 11.2. The van der Waals surface area contributed by atoms with Crippen molar-refractivity contribution >= 4 is 21.8 Å². The predicted octanol–water partition coefficient (Wildman–Crippen LogP) is 3.71. The normalized spacial score (nSPS) is 11.6. The maximum absolute atomic E-state index is 13.1. The molecule has 7 nitrogen and oxygen atoms in total. The number of rotatable bonds is 13. The summed E-state index contributed by atoms with van der Waals surface area (Å²) >= 11 is 0. The van der Waals surface area contributed by atoms with Crippen LogP contribution >= 0.6 is 0 Å². The predicted molar refractivity (Wildman–Crippen MR) is 108 cm³/mol. The van der Waals surface area contributed by atoms with Crippen LogP contribution in [0.25, 0.3) is 5.53 Å². The number of ketones is 1. The Labute approximate surface area is 167 Å². The van der Waals surface area contributed by atoms with Crippen molar-refractivity contribution in [3.63, 3.8) is 0 Å². The van der Waals surface area contributed by atoms with Gasteiger partial charge in [0.2, 0.25) is 5.78 Å². The molecule has 0 aliphatic heterocycles. The van der Waals surface area contributed by atoms with Gasteiger partial charge in [-0.25, -0.2) is 8.42 Å². The van der Waals surface area contributed by atoms with Crippen molar-refractivity contribution in [2.45, 2.75) is 58.3 Å². The van der Waals surface area contributed by atoms with Gasteiger partial charge in [-0.2, -0.15) is 4.79 Å². The van der Waals surface area contributed by atoms with E-state index in [4.69, 9.17) is 15.0 Å². The van der Waals surface area contributed by atoms with Crippen molar-refractivity contribution in [1.29, 1.82) is 0 Å². The highest BCUT2D eigenvalue weighted by molar-refractivity contribution is 7.91. The number of nitrogens with zero attached hydrogens (tertiary/aromatic N) is 2. The lowest BCUT2D eigenvalue weighted by molar-refractivity contribution is -0.122. The van der Waals surface area contributed by atoms with Crippen molar-refractivity contribution in [3.05, 3.63) is 23.7 Å². The Morgan fingerprint density at radius 3 is 2.32 bits per heavy atom. The number of sulfone groups is 1. The molecule has 0 fully saturated rings. The minimum Gasteiger partial charge on any atom is -0.494 e. The van der Waals surface area contributed by atoms with Crippen molar-refractivity contribution in [3.8, 4) is 11.5 Å². The second-order valence-electron chi connectivity index (χ2n) is 7.26. The van der Waals surface area contributed by atoms with E-state index in [1.165, 1.54) is 19.9 Å². The lowest BCUT2D eigenvalue weighted by Gasteiger charge is -2.21. The zero-order chi connectivity index (χ0) is 21.2. The molecule has 0 aromatic heterocycles. The molecule has 0 unspecified atom stereocenters. The number of Topliss-reactive ketones (excluding diaryl/α,β-unsaturated/α-hetero) is 1. The molecule has 0 radical (unpaired) electrons. The molecule has 0 atom stereocenters. The van der Waals surface area contributed by atoms with E-state index in [1.54, 1.807) is 12.1 Å². The molecule has 0 aliphatic carbocycles. The van der Waals surface area contributed by atoms with Crippen molar-refractivity contribution < 1.29 is 27.5 Å². The molecular weight excluding hydrogens is 380 g/mol. The molecule has 1 aromatic carbocycles. The largest absolute Gasteiger partial charge is 0.494 e. The summed E-state index contributed by atoms with van der Waals surface area (Å²) in [5, 5.41) is 0. The maximum Gasteiger partial charge on any atom is 0.323 e. The van der Waals surface area contributed by atoms with Crippen LogP contribution in [-0.4, -0.2) is 44.2 Å². The minimum absolute atomic E-state index is 0.000543. The lowest BCUT2D eigenvalue weighted by atomic mass is 9.91. The fraction of sp³-hybridized carbons (Fsp3) is 0.600. The highest BCUT2D eigenvalue weighted by Crippen LogP contribution is 2.33. The first-order chi connectivity index (χ1) is 13.2. The molecule has 156 valence electrons. The molecule has 0 N–H and O–H groups in total. The third-order valence-corrected chi connectivity index (χ3v) is 6.26. The van der Waals surface area contributed by atoms with Gasteiger partial charge in [-0.3, -0.25) is 4.79 Å². The highest BCUT2D eigenvalue weighted by Gasteiger charge is 2.36. The van der Waals surface area contributed by atoms with Gasteiger partial charge in [0.1, 0.15) is 16.4 Å². The molecule has 0 bridgehead atoms. The first kappa shape index (κ1) is 23.9. The smallest absolute Gasteiger partial charge is 0.323 e. The monoisotopic (exact) mass is 410 g/mol. The summed E-state index contributed by atoms with van der Waals surface area (Å²) in [6.07, 6.45) is 4.26. The van der Waals surface area contributed by atoms with Crippen LogP contribution < -0.4 is 9.47 Å². The Morgan fingerprint density at radius 2 is 1.75 bits per heavy atom. The quantitative estimate of drug-likeness (QED) is 0.213. The summed E-state index contributed by atoms with van der Waals surface area (Å²) in [7, 11) is -3.87. The molecular formula is C20H30N2O5S. The third kappa shape index (κ3) is 7.09. The molecule has 1 rings (SSSR count). The van der Waals surface area contributed by atoms with Gasteiger partial charge >= 0.3 is 6.21 Å². The van der Waals surface area contributed by atoms with Crippen LogP contribution in [0.15, 0.2) is 23.1 Å². The van der Waals surface area contributed by atoms with Crippen LogP contribution in [0.4, 0.5) is 0 Å². The molecule has 1 aromatic rings. The summed E-state index contributed by atoms with van der Waals surface area (Å²) in [6, 6.07) is 4.73. The van der Waals surface area contributed by atoms with Gasteiger partial charge in [-0.15, -0.1) is 0 Å². The molecule has 0 saturated heterocycles.